The fourth-order valence-corrected chi connectivity index (χ4v) is 4.03. The van der Waals surface area contributed by atoms with Crippen LogP contribution in [0.25, 0.3) is 11.3 Å². The van der Waals surface area contributed by atoms with Gasteiger partial charge in [-0.15, -0.1) is 23.1 Å². The van der Waals surface area contributed by atoms with Crippen LogP contribution in [0, 0.1) is 20.8 Å². The Hall–Kier alpha value is -2.64. The van der Waals surface area contributed by atoms with Gasteiger partial charge in [-0.1, -0.05) is 24.3 Å². The van der Waals surface area contributed by atoms with E-state index in [0.29, 0.717) is 5.13 Å². The van der Waals surface area contributed by atoms with Gasteiger partial charge in [0.2, 0.25) is 11.8 Å². The van der Waals surface area contributed by atoms with Crippen molar-refractivity contribution in [2.75, 3.05) is 22.1 Å². The van der Waals surface area contributed by atoms with Gasteiger partial charge < -0.3 is 10.6 Å². The van der Waals surface area contributed by atoms with E-state index in [1.807, 2.05) is 42.6 Å². The van der Waals surface area contributed by atoms with Crippen LogP contribution in [0.4, 0.5) is 10.8 Å². The van der Waals surface area contributed by atoms with E-state index in [1.165, 1.54) is 34.2 Å². The van der Waals surface area contributed by atoms with Crippen molar-refractivity contribution >= 4 is 45.7 Å². The fourth-order valence-electron chi connectivity index (χ4n) is 2.68. The van der Waals surface area contributed by atoms with Crippen molar-refractivity contribution in [3.8, 4) is 11.3 Å². The van der Waals surface area contributed by atoms with Crippen molar-refractivity contribution in [2.45, 2.75) is 20.8 Å². The van der Waals surface area contributed by atoms with E-state index < -0.39 is 0 Å². The summed E-state index contributed by atoms with van der Waals surface area (Å²) in [5, 5.41) is 8.13. The Bertz CT molecular complexity index is 1030. The number of aromatic nitrogens is 1. The summed E-state index contributed by atoms with van der Waals surface area (Å²) in [7, 11) is 0. The van der Waals surface area contributed by atoms with Gasteiger partial charge in [0.05, 0.1) is 17.2 Å². The lowest BCUT2D eigenvalue weighted by Crippen LogP contribution is -2.18. The number of carbonyl (C=O) groups is 2. The molecular formula is C22H23N3O2S2. The van der Waals surface area contributed by atoms with Gasteiger partial charge >= 0.3 is 0 Å². The zero-order chi connectivity index (χ0) is 20.8. The average molecular weight is 426 g/mol. The molecule has 0 aliphatic rings. The largest absolute Gasteiger partial charge is 0.325 e. The van der Waals surface area contributed by atoms with Crippen LogP contribution in [0.2, 0.25) is 0 Å². The number of aryl methyl sites for hydroxylation is 3. The number of nitrogens with one attached hydrogen (secondary N) is 2. The van der Waals surface area contributed by atoms with Crippen LogP contribution in [0.3, 0.4) is 0 Å². The lowest BCUT2D eigenvalue weighted by molar-refractivity contribution is -0.114. The van der Waals surface area contributed by atoms with Crippen molar-refractivity contribution in [1.82, 2.24) is 4.98 Å². The first-order valence-corrected chi connectivity index (χ1v) is 11.2. The van der Waals surface area contributed by atoms with E-state index >= 15 is 0 Å². The van der Waals surface area contributed by atoms with Gasteiger partial charge in [-0.3, -0.25) is 9.59 Å². The Morgan fingerprint density at radius 3 is 2.45 bits per heavy atom. The zero-order valence-electron chi connectivity index (χ0n) is 16.6. The number of hydrogen-bond donors (Lipinski definition) is 2. The summed E-state index contributed by atoms with van der Waals surface area (Å²) in [4.78, 5) is 28.6. The highest BCUT2D eigenvalue weighted by Gasteiger charge is 2.10. The molecule has 5 nitrogen and oxygen atoms in total. The van der Waals surface area contributed by atoms with Crippen LogP contribution >= 0.6 is 23.1 Å². The second-order valence-electron chi connectivity index (χ2n) is 6.80. The standard InChI is InChI=1S/C22H23N3O2S2/c1-14-5-4-6-18(9-14)23-20(26)12-28-13-21(27)25-22-24-19(11-29-22)17-8-7-15(2)16(3)10-17/h4-11H,12-13H2,1-3H3,(H,23,26)(H,24,25,27). The molecule has 0 saturated heterocycles. The van der Waals surface area contributed by atoms with Crippen molar-refractivity contribution in [2.24, 2.45) is 0 Å². The minimum Gasteiger partial charge on any atom is -0.325 e. The lowest BCUT2D eigenvalue weighted by Gasteiger charge is -2.06. The number of thiazole rings is 1. The van der Waals surface area contributed by atoms with Gasteiger partial charge in [-0.25, -0.2) is 4.98 Å². The number of rotatable bonds is 7. The van der Waals surface area contributed by atoms with Crippen LogP contribution < -0.4 is 10.6 Å². The van der Waals surface area contributed by atoms with E-state index in [-0.39, 0.29) is 23.3 Å². The maximum Gasteiger partial charge on any atom is 0.236 e. The first-order chi connectivity index (χ1) is 13.9. The smallest absolute Gasteiger partial charge is 0.236 e. The van der Waals surface area contributed by atoms with Gasteiger partial charge in [0.25, 0.3) is 0 Å². The molecule has 0 saturated carbocycles. The number of amides is 2. The molecule has 2 N–H and O–H groups in total. The summed E-state index contributed by atoms with van der Waals surface area (Å²) in [5.41, 5.74) is 6.17. The van der Waals surface area contributed by atoms with Crippen LogP contribution in [0.5, 0.6) is 0 Å². The Morgan fingerprint density at radius 1 is 0.966 bits per heavy atom. The molecule has 1 heterocycles. The molecule has 0 atom stereocenters. The second kappa shape index (κ2) is 9.71. The summed E-state index contributed by atoms with van der Waals surface area (Å²) < 4.78 is 0. The SMILES string of the molecule is Cc1cccc(NC(=O)CSCC(=O)Nc2nc(-c3ccc(C)c(C)c3)cs2)c1. The summed E-state index contributed by atoms with van der Waals surface area (Å²) in [6.07, 6.45) is 0. The van der Waals surface area contributed by atoms with Gasteiger partial charge in [0.15, 0.2) is 5.13 Å². The minimum atomic E-state index is -0.167. The molecule has 0 fully saturated rings. The molecule has 3 rings (SSSR count). The summed E-state index contributed by atoms with van der Waals surface area (Å²) >= 11 is 2.67. The molecule has 2 aromatic carbocycles. The highest BCUT2D eigenvalue weighted by atomic mass is 32.2. The van der Waals surface area contributed by atoms with Crippen LogP contribution in [0.1, 0.15) is 16.7 Å². The number of anilines is 2. The van der Waals surface area contributed by atoms with Crippen molar-refractivity contribution in [3.05, 3.63) is 64.5 Å². The fraction of sp³-hybridized carbons (Fsp3) is 0.227. The summed E-state index contributed by atoms with van der Waals surface area (Å²) in [6, 6.07) is 13.8. The Labute approximate surface area is 179 Å². The molecule has 0 unspecified atom stereocenters. The van der Waals surface area contributed by atoms with Gasteiger partial charge in [0, 0.05) is 16.6 Å². The maximum absolute atomic E-state index is 12.1. The monoisotopic (exact) mass is 425 g/mol. The normalized spacial score (nSPS) is 10.6. The maximum atomic E-state index is 12.1. The minimum absolute atomic E-state index is 0.125. The van der Waals surface area contributed by atoms with E-state index in [0.717, 1.165) is 22.5 Å². The third-order valence-electron chi connectivity index (χ3n) is 4.32. The van der Waals surface area contributed by atoms with Crippen molar-refractivity contribution in [1.29, 1.82) is 0 Å². The van der Waals surface area contributed by atoms with Crippen LogP contribution in [-0.2, 0) is 9.59 Å². The van der Waals surface area contributed by atoms with Gasteiger partial charge in [0.1, 0.15) is 0 Å². The quantitative estimate of drug-likeness (QED) is 0.556. The molecule has 3 aromatic rings. The number of benzene rings is 2. The topological polar surface area (TPSA) is 71.1 Å². The predicted molar refractivity (Wildman–Crippen MR) is 123 cm³/mol. The lowest BCUT2D eigenvalue weighted by atomic mass is 10.1. The first-order valence-electron chi connectivity index (χ1n) is 9.18. The van der Waals surface area contributed by atoms with E-state index in [4.69, 9.17) is 0 Å². The molecule has 1 aromatic heterocycles. The zero-order valence-corrected chi connectivity index (χ0v) is 18.2. The first kappa shape index (κ1) is 21.1. The molecule has 7 heteroatoms. The van der Waals surface area contributed by atoms with E-state index in [2.05, 4.69) is 41.6 Å². The molecule has 29 heavy (non-hydrogen) atoms. The van der Waals surface area contributed by atoms with Gasteiger partial charge in [-0.2, -0.15) is 0 Å². The Balaban J connectivity index is 1.45. The molecule has 0 spiro atoms. The molecule has 0 radical (unpaired) electrons. The van der Waals surface area contributed by atoms with Crippen molar-refractivity contribution < 1.29 is 9.59 Å². The Morgan fingerprint density at radius 2 is 1.72 bits per heavy atom. The molecule has 0 bridgehead atoms. The van der Waals surface area contributed by atoms with Gasteiger partial charge in [-0.05, 0) is 55.7 Å². The van der Waals surface area contributed by atoms with Crippen LogP contribution in [-0.4, -0.2) is 28.3 Å². The molecule has 0 aliphatic heterocycles. The van der Waals surface area contributed by atoms with E-state index in [1.54, 1.807) is 0 Å². The highest BCUT2D eigenvalue weighted by Crippen LogP contribution is 2.26. The predicted octanol–water partition coefficient (Wildman–Crippen LogP) is 5.05. The van der Waals surface area contributed by atoms with Crippen LogP contribution in [0.15, 0.2) is 47.8 Å². The van der Waals surface area contributed by atoms with Crippen molar-refractivity contribution in [3.63, 3.8) is 0 Å². The third kappa shape index (κ3) is 6.17. The number of nitrogens with zero attached hydrogens (tertiary/aromatic N) is 1. The highest BCUT2D eigenvalue weighted by molar-refractivity contribution is 8.00. The Kier molecular flexibility index (Phi) is 7.06. The third-order valence-corrected chi connectivity index (χ3v) is 6.01. The van der Waals surface area contributed by atoms with E-state index in [9.17, 15) is 9.59 Å². The second-order valence-corrected chi connectivity index (χ2v) is 8.64. The average Bonchev–Trinajstić information content (AvgIpc) is 3.12. The molecule has 150 valence electrons. The molecular weight excluding hydrogens is 402 g/mol. The summed E-state index contributed by atoms with van der Waals surface area (Å²) in [5.74, 6) is 0.117. The number of carbonyl (C=O) groups excluding carboxylic acids is 2. The summed E-state index contributed by atoms with van der Waals surface area (Å²) in [6.45, 7) is 6.11. The molecule has 2 amide bonds. The molecule has 0 aliphatic carbocycles. The number of hydrogen-bond acceptors (Lipinski definition) is 5. The number of thioether (sulfide) groups is 1.